The van der Waals surface area contributed by atoms with Crippen molar-refractivity contribution in [2.75, 3.05) is 20.3 Å². The highest BCUT2D eigenvalue weighted by atomic mass is 16.5. The lowest BCUT2D eigenvalue weighted by atomic mass is 9.78. The summed E-state index contributed by atoms with van der Waals surface area (Å²) in [6, 6.07) is 0.158. The molecule has 0 bridgehead atoms. The van der Waals surface area contributed by atoms with Gasteiger partial charge in [-0.15, -0.1) is 0 Å². The van der Waals surface area contributed by atoms with E-state index in [-0.39, 0.29) is 17.6 Å². The third-order valence-corrected chi connectivity index (χ3v) is 3.33. The van der Waals surface area contributed by atoms with Crippen LogP contribution >= 0.6 is 0 Å². The van der Waals surface area contributed by atoms with Crippen LogP contribution in [0.2, 0.25) is 0 Å². The van der Waals surface area contributed by atoms with Gasteiger partial charge in [0, 0.05) is 19.6 Å². The second-order valence-electron chi connectivity index (χ2n) is 5.69. The number of hydrogen-bond donors (Lipinski definition) is 2. The minimum atomic E-state index is 0.0727. The molecular weight excluding hydrogens is 204 g/mol. The van der Waals surface area contributed by atoms with E-state index >= 15 is 0 Å². The van der Waals surface area contributed by atoms with Crippen molar-refractivity contribution in [2.45, 2.75) is 45.8 Å². The maximum atomic E-state index is 5.69. The third kappa shape index (κ3) is 3.42. The molecule has 0 radical (unpaired) electrons. The highest BCUT2D eigenvalue weighted by molar-refractivity contribution is 4.90. The van der Waals surface area contributed by atoms with Gasteiger partial charge in [0.15, 0.2) is 0 Å². The molecule has 0 saturated carbocycles. The molecule has 1 rings (SSSR count). The van der Waals surface area contributed by atoms with Gasteiger partial charge in [-0.05, 0) is 18.3 Å². The average Bonchev–Trinajstić information content (AvgIpc) is 2.25. The molecule has 3 atom stereocenters. The van der Waals surface area contributed by atoms with E-state index in [1.807, 2.05) is 0 Å². The average molecular weight is 230 g/mol. The predicted octanol–water partition coefficient (Wildman–Crippen LogP) is 1.31. The third-order valence-electron chi connectivity index (χ3n) is 3.33. The summed E-state index contributed by atoms with van der Waals surface area (Å²) in [6.07, 6.45) is 2.37. The van der Waals surface area contributed by atoms with Crippen LogP contribution in [0, 0.1) is 11.3 Å². The standard InChI is InChI=1S/C12H26N2O2/c1-12(2,3)11(15-4)10(14-13)9-6-5-7-16-8-9/h9-11,14H,5-8,13H2,1-4H3. The summed E-state index contributed by atoms with van der Waals surface area (Å²) in [6.45, 7) is 8.19. The number of methoxy groups -OCH3 is 1. The number of hydrogen-bond acceptors (Lipinski definition) is 4. The van der Waals surface area contributed by atoms with Crippen molar-refractivity contribution in [1.29, 1.82) is 0 Å². The molecule has 1 heterocycles. The van der Waals surface area contributed by atoms with Crippen LogP contribution in [0.3, 0.4) is 0 Å². The fourth-order valence-corrected chi connectivity index (χ4v) is 2.56. The van der Waals surface area contributed by atoms with E-state index in [2.05, 4.69) is 26.2 Å². The number of ether oxygens (including phenoxy) is 2. The van der Waals surface area contributed by atoms with E-state index in [4.69, 9.17) is 15.3 Å². The summed E-state index contributed by atoms with van der Waals surface area (Å²) in [7, 11) is 1.75. The summed E-state index contributed by atoms with van der Waals surface area (Å²) in [5.74, 6) is 6.14. The Morgan fingerprint density at radius 2 is 2.12 bits per heavy atom. The molecule has 0 aliphatic carbocycles. The lowest BCUT2D eigenvalue weighted by Crippen LogP contribution is -2.55. The Hall–Kier alpha value is -0.160. The molecule has 0 aromatic rings. The maximum absolute atomic E-state index is 5.69. The van der Waals surface area contributed by atoms with Crippen LogP contribution < -0.4 is 11.3 Å². The first-order valence-electron chi connectivity index (χ1n) is 6.07. The number of nitrogens with one attached hydrogen (secondary N) is 1. The molecule has 1 fully saturated rings. The van der Waals surface area contributed by atoms with Gasteiger partial charge in [-0.25, -0.2) is 0 Å². The molecule has 0 amide bonds. The molecule has 1 aliphatic rings. The topological polar surface area (TPSA) is 56.5 Å². The Balaban J connectivity index is 2.69. The van der Waals surface area contributed by atoms with Crippen LogP contribution in [0.25, 0.3) is 0 Å². The van der Waals surface area contributed by atoms with Gasteiger partial charge in [-0.1, -0.05) is 20.8 Å². The molecule has 1 saturated heterocycles. The van der Waals surface area contributed by atoms with Crippen molar-refractivity contribution in [2.24, 2.45) is 17.2 Å². The van der Waals surface area contributed by atoms with Crippen molar-refractivity contribution in [3.05, 3.63) is 0 Å². The monoisotopic (exact) mass is 230 g/mol. The van der Waals surface area contributed by atoms with Crippen molar-refractivity contribution < 1.29 is 9.47 Å². The summed E-state index contributed by atoms with van der Waals surface area (Å²) in [5.41, 5.74) is 3.00. The zero-order valence-corrected chi connectivity index (χ0v) is 11.0. The van der Waals surface area contributed by atoms with Crippen LogP contribution in [0.5, 0.6) is 0 Å². The SMILES string of the molecule is COC(C(NN)C1CCCOC1)C(C)(C)C. The van der Waals surface area contributed by atoms with E-state index in [0.717, 1.165) is 26.1 Å². The first-order valence-corrected chi connectivity index (χ1v) is 6.07. The number of nitrogens with two attached hydrogens (primary N) is 1. The summed E-state index contributed by atoms with van der Waals surface area (Å²) < 4.78 is 11.1. The molecule has 0 aromatic carbocycles. The molecule has 3 unspecified atom stereocenters. The molecule has 96 valence electrons. The molecule has 16 heavy (non-hydrogen) atoms. The molecule has 0 aromatic heterocycles. The van der Waals surface area contributed by atoms with E-state index in [1.165, 1.54) is 0 Å². The van der Waals surface area contributed by atoms with Crippen LogP contribution in [-0.4, -0.2) is 32.5 Å². The number of rotatable bonds is 4. The predicted molar refractivity (Wildman–Crippen MR) is 64.9 cm³/mol. The summed E-state index contributed by atoms with van der Waals surface area (Å²) >= 11 is 0. The van der Waals surface area contributed by atoms with E-state index in [1.54, 1.807) is 7.11 Å². The fourth-order valence-electron chi connectivity index (χ4n) is 2.56. The minimum Gasteiger partial charge on any atom is -0.381 e. The maximum Gasteiger partial charge on any atom is 0.0789 e. The van der Waals surface area contributed by atoms with Crippen LogP contribution in [0.1, 0.15) is 33.6 Å². The second-order valence-corrected chi connectivity index (χ2v) is 5.69. The highest BCUT2D eigenvalue weighted by Crippen LogP contribution is 2.30. The van der Waals surface area contributed by atoms with Gasteiger partial charge in [-0.3, -0.25) is 11.3 Å². The Morgan fingerprint density at radius 3 is 2.50 bits per heavy atom. The number of hydrazine groups is 1. The van der Waals surface area contributed by atoms with Crippen LogP contribution in [-0.2, 0) is 9.47 Å². The Labute approximate surface area is 98.8 Å². The normalized spacial score (nSPS) is 26.4. The van der Waals surface area contributed by atoms with E-state index < -0.39 is 0 Å². The zero-order valence-electron chi connectivity index (χ0n) is 11.0. The van der Waals surface area contributed by atoms with E-state index in [0.29, 0.717) is 5.92 Å². The Morgan fingerprint density at radius 1 is 1.44 bits per heavy atom. The van der Waals surface area contributed by atoms with Crippen molar-refractivity contribution in [1.82, 2.24) is 5.43 Å². The van der Waals surface area contributed by atoms with Crippen LogP contribution in [0.4, 0.5) is 0 Å². The minimum absolute atomic E-state index is 0.0727. The summed E-state index contributed by atoms with van der Waals surface area (Å²) in [4.78, 5) is 0. The smallest absolute Gasteiger partial charge is 0.0789 e. The molecule has 3 N–H and O–H groups in total. The lowest BCUT2D eigenvalue weighted by Gasteiger charge is -2.40. The van der Waals surface area contributed by atoms with Crippen molar-refractivity contribution in [3.8, 4) is 0 Å². The van der Waals surface area contributed by atoms with Crippen molar-refractivity contribution >= 4 is 0 Å². The van der Waals surface area contributed by atoms with E-state index in [9.17, 15) is 0 Å². The van der Waals surface area contributed by atoms with Gasteiger partial charge in [0.2, 0.25) is 0 Å². The lowest BCUT2D eigenvalue weighted by molar-refractivity contribution is -0.0527. The molecule has 1 aliphatic heterocycles. The summed E-state index contributed by atoms with van der Waals surface area (Å²) in [5, 5.41) is 0. The molecule has 0 spiro atoms. The van der Waals surface area contributed by atoms with Crippen molar-refractivity contribution in [3.63, 3.8) is 0 Å². The molecule has 4 heteroatoms. The van der Waals surface area contributed by atoms with Gasteiger partial charge in [-0.2, -0.15) is 0 Å². The van der Waals surface area contributed by atoms with Crippen LogP contribution in [0.15, 0.2) is 0 Å². The Bertz CT molecular complexity index is 198. The zero-order chi connectivity index (χ0) is 12.2. The second kappa shape index (κ2) is 5.96. The highest BCUT2D eigenvalue weighted by Gasteiger charge is 2.37. The first-order chi connectivity index (χ1) is 7.50. The first kappa shape index (κ1) is 13.9. The Kier molecular flexibility index (Phi) is 5.18. The molecule has 4 nitrogen and oxygen atoms in total. The largest absolute Gasteiger partial charge is 0.381 e. The van der Waals surface area contributed by atoms with Gasteiger partial charge < -0.3 is 9.47 Å². The van der Waals surface area contributed by atoms with Gasteiger partial charge in [0.25, 0.3) is 0 Å². The quantitative estimate of drug-likeness (QED) is 0.565. The van der Waals surface area contributed by atoms with Gasteiger partial charge in [0.05, 0.1) is 18.8 Å². The van der Waals surface area contributed by atoms with Gasteiger partial charge in [0.1, 0.15) is 0 Å². The fraction of sp³-hybridized carbons (Fsp3) is 1.00. The van der Waals surface area contributed by atoms with Gasteiger partial charge >= 0.3 is 0 Å². The molecular formula is C12H26N2O2.